The number of amides is 1. The van der Waals surface area contributed by atoms with E-state index in [2.05, 4.69) is 27.9 Å². The molecule has 0 bridgehead atoms. The second-order valence-corrected chi connectivity index (χ2v) is 5.84. The lowest BCUT2D eigenvalue weighted by molar-refractivity contribution is -0.118. The third-order valence-electron chi connectivity index (χ3n) is 2.98. The first-order valence-electron chi connectivity index (χ1n) is 6.30. The highest BCUT2D eigenvalue weighted by Crippen LogP contribution is 2.16. The van der Waals surface area contributed by atoms with Crippen LogP contribution in [0.1, 0.15) is 11.1 Å². The van der Waals surface area contributed by atoms with Crippen LogP contribution in [0.15, 0.2) is 42.5 Å². The van der Waals surface area contributed by atoms with Gasteiger partial charge in [0.05, 0.1) is 0 Å². The van der Waals surface area contributed by atoms with E-state index in [1.54, 1.807) is 0 Å². The first-order valence-corrected chi connectivity index (χ1v) is 7.38. The van der Waals surface area contributed by atoms with Gasteiger partial charge in [0.2, 0.25) is 0 Å². The molecule has 0 aliphatic rings. The van der Waals surface area contributed by atoms with Gasteiger partial charge in [0.25, 0.3) is 5.91 Å². The molecule has 0 spiro atoms. The SMILES string of the molecule is Cc1ccc(OCC(=O)Nc2ccc(I)cc2)cc1C. The van der Waals surface area contributed by atoms with E-state index >= 15 is 0 Å². The van der Waals surface area contributed by atoms with Crippen molar-refractivity contribution in [2.75, 3.05) is 11.9 Å². The van der Waals surface area contributed by atoms with E-state index in [9.17, 15) is 4.79 Å². The summed E-state index contributed by atoms with van der Waals surface area (Å²) in [6.45, 7) is 4.07. The third-order valence-corrected chi connectivity index (χ3v) is 3.70. The molecule has 2 aromatic carbocycles. The minimum Gasteiger partial charge on any atom is -0.484 e. The van der Waals surface area contributed by atoms with Crippen molar-refractivity contribution in [2.45, 2.75) is 13.8 Å². The van der Waals surface area contributed by atoms with E-state index < -0.39 is 0 Å². The Bertz CT molecular complexity index is 608. The molecule has 2 rings (SSSR count). The van der Waals surface area contributed by atoms with Crippen LogP contribution in [0.2, 0.25) is 0 Å². The predicted octanol–water partition coefficient (Wildman–Crippen LogP) is 3.93. The lowest BCUT2D eigenvalue weighted by Crippen LogP contribution is -2.20. The number of hydrogen-bond acceptors (Lipinski definition) is 2. The molecule has 0 fully saturated rings. The molecule has 2 aromatic rings. The maximum atomic E-state index is 11.8. The van der Waals surface area contributed by atoms with Crippen molar-refractivity contribution in [1.82, 2.24) is 0 Å². The number of carbonyl (C=O) groups is 1. The number of hydrogen-bond donors (Lipinski definition) is 1. The van der Waals surface area contributed by atoms with Crippen molar-refractivity contribution in [1.29, 1.82) is 0 Å². The van der Waals surface area contributed by atoms with E-state index in [4.69, 9.17) is 4.74 Å². The van der Waals surface area contributed by atoms with Gasteiger partial charge in [-0.3, -0.25) is 4.79 Å². The number of benzene rings is 2. The fourth-order valence-corrected chi connectivity index (χ4v) is 2.04. The summed E-state index contributed by atoms with van der Waals surface area (Å²) >= 11 is 2.22. The smallest absolute Gasteiger partial charge is 0.262 e. The third kappa shape index (κ3) is 4.23. The van der Waals surface area contributed by atoms with E-state index in [1.165, 1.54) is 5.56 Å². The Hall–Kier alpha value is -1.56. The van der Waals surface area contributed by atoms with Gasteiger partial charge < -0.3 is 10.1 Å². The summed E-state index contributed by atoms with van der Waals surface area (Å²) in [7, 11) is 0. The zero-order chi connectivity index (χ0) is 14.5. The summed E-state index contributed by atoms with van der Waals surface area (Å²) in [5, 5.41) is 2.80. The molecule has 0 saturated carbocycles. The summed E-state index contributed by atoms with van der Waals surface area (Å²) in [6, 6.07) is 13.4. The van der Waals surface area contributed by atoms with Gasteiger partial charge in [-0.1, -0.05) is 6.07 Å². The minimum absolute atomic E-state index is 0.00842. The van der Waals surface area contributed by atoms with Crippen LogP contribution in [-0.4, -0.2) is 12.5 Å². The highest BCUT2D eigenvalue weighted by Gasteiger charge is 2.04. The molecule has 0 aromatic heterocycles. The summed E-state index contributed by atoms with van der Waals surface area (Å²) in [4.78, 5) is 11.8. The zero-order valence-corrected chi connectivity index (χ0v) is 13.6. The Kier molecular flexibility index (Phi) is 5.00. The fraction of sp³-hybridized carbons (Fsp3) is 0.188. The largest absolute Gasteiger partial charge is 0.484 e. The molecule has 0 radical (unpaired) electrons. The summed E-state index contributed by atoms with van der Waals surface area (Å²) in [5.41, 5.74) is 3.14. The average molecular weight is 381 g/mol. The summed E-state index contributed by atoms with van der Waals surface area (Å²) in [5.74, 6) is 0.551. The molecule has 0 unspecified atom stereocenters. The molecule has 3 nitrogen and oxygen atoms in total. The Balaban J connectivity index is 1.88. The number of ether oxygens (including phenoxy) is 1. The highest BCUT2D eigenvalue weighted by molar-refractivity contribution is 14.1. The predicted molar refractivity (Wildman–Crippen MR) is 89.2 cm³/mol. The van der Waals surface area contributed by atoms with Crippen molar-refractivity contribution in [3.8, 4) is 5.75 Å². The average Bonchev–Trinajstić information content (AvgIpc) is 2.43. The number of halogens is 1. The molecule has 1 N–H and O–H groups in total. The van der Waals surface area contributed by atoms with Gasteiger partial charge in [-0.2, -0.15) is 0 Å². The minimum atomic E-state index is -0.163. The molecule has 104 valence electrons. The van der Waals surface area contributed by atoms with Gasteiger partial charge in [0.15, 0.2) is 6.61 Å². The maximum Gasteiger partial charge on any atom is 0.262 e. The molecule has 0 aliphatic carbocycles. The second kappa shape index (κ2) is 6.74. The van der Waals surface area contributed by atoms with Gasteiger partial charge in [-0.25, -0.2) is 0 Å². The highest BCUT2D eigenvalue weighted by atomic mass is 127. The lowest BCUT2D eigenvalue weighted by Gasteiger charge is -2.09. The first kappa shape index (κ1) is 14.8. The van der Waals surface area contributed by atoms with Crippen LogP contribution >= 0.6 is 22.6 Å². The van der Waals surface area contributed by atoms with Crippen molar-refractivity contribution in [3.05, 3.63) is 57.2 Å². The van der Waals surface area contributed by atoms with Crippen LogP contribution in [0.5, 0.6) is 5.75 Å². The standard InChI is InChI=1S/C16H16INO2/c1-11-3-8-15(9-12(11)2)20-10-16(19)18-14-6-4-13(17)5-7-14/h3-9H,10H2,1-2H3,(H,18,19). The first-order chi connectivity index (χ1) is 9.54. The van der Waals surface area contributed by atoms with E-state index in [0.717, 1.165) is 14.8 Å². The Morgan fingerprint density at radius 3 is 2.45 bits per heavy atom. The quantitative estimate of drug-likeness (QED) is 0.816. The second-order valence-electron chi connectivity index (χ2n) is 4.59. The Morgan fingerprint density at radius 2 is 1.80 bits per heavy atom. The monoisotopic (exact) mass is 381 g/mol. The van der Waals surface area contributed by atoms with Crippen molar-refractivity contribution in [2.24, 2.45) is 0 Å². The van der Waals surface area contributed by atoms with Crippen LogP contribution in [0, 0.1) is 17.4 Å². The number of aryl methyl sites for hydroxylation is 2. The van der Waals surface area contributed by atoms with Crippen LogP contribution in [-0.2, 0) is 4.79 Å². The number of nitrogens with one attached hydrogen (secondary N) is 1. The molecular formula is C16H16INO2. The number of rotatable bonds is 4. The van der Waals surface area contributed by atoms with Gasteiger partial charge >= 0.3 is 0 Å². The summed E-state index contributed by atoms with van der Waals surface area (Å²) < 4.78 is 6.62. The van der Waals surface area contributed by atoms with Crippen LogP contribution in [0.4, 0.5) is 5.69 Å². The molecule has 0 saturated heterocycles. The van der Waals surface area contributed by atoms with Gasteiger partial charge in [0, 0.05) is 9.26 Å². The van der Waals surface area contributed by atoms with Crippen molar-refractivity contribution >= 4 is 34.2 Å². The molecule has 1 amide bonds. The van der Waals surface area contributed by atoms with Gasteiger partial charge in [0.1, 0.15) is 5.75 Å². The summed E-state index contributed by atoms with van der Waals surface area (Å²) in [6.07, 6.45) is 0. The number of anilines is 1. The zero-order valence-electron chi connectivity index (χ0n) is 11.4. The van der Waals surface area contributed by atoms with Crippen molar-refractivity contribution < 1.29 is 9.53 Å². The Labute approximate surface area is 132 Å². The lowest BCUT2D eigenvalue weighted by atomic mass is 10.1. The van der Waals surface area contributed by atoms with Crippen LogP contribution < -0.4 is 10.1 Å². The Morgan fingerprint density at radius 1 is 1.10 bits per heavy atom. The molecule has 4 heteroatoms. The maximum absolute atomic E-state index is 11.8. The van der Waals surface area contributed by atoms with E-state index in [-0.39, 0.29) is 12.5 Å². The number of carbonyl (C=O) groups excluding carboxylic acids is 1. The molecule has 0 aliphatic heterocycles. The van der Waals surface area contributed by atoms with E-state index in [1.807, 2.05) is 56.3 Å². The molecule has 0 atom stereocenters. The van der Waals surface area contributed by atoms with Crippen molar-refractivity contribution in [3.63, 3.8) is 0 Å². The van der Waals surface area contributed by atoms with Gasteiger partial charge in [-0.05, 0) is 84.0 Å². The molecular weight excluding hydrogens is 365 g/mol. The van der Waals surface area contributed by atoms with Crippen LogP contribution in [0.25, 0.3) is 0 Å². The van der Waals surface area contributed by atoms with Crippen LogP contribution in [0.3, 0.4) is 0 Å². The normalized spacial score (nSPS) is 10.2. The molecule has 0 heterocycles. The topological polar surface area (TPSA) is 38.3 Å². The molecule has 20 heavy (non-hydrogen) atoms. The fourth-order valence-electron chi connectivity index (χ4n) is 1.68. The van der Waals surface area contributed by atoms with Gasteiger partial charge in [-0.15, -0.1) is 0 Å². The van der Waals surface area contributed by atoms with E-state index in [0.29, 0.717) is 5.75 Å².